The van der Waals surface area contributed by atoms with Crippen LogP contribution in [0.5, 0.6) is 0 Å². The van der Waals surface area contributed by atoms with Gasteiger partial charge in [-0.1, -0.05) is 0 Å². The van der Waals surface area contributed by atoms with E-state index in [0.29, 0.717) is 0 Å². The number of halogens is 1. The molecule has 0 radical (unpaired) electrons. The van der Waals surface area contributed by atoms with Gasteiger partial charge >= 0.3 is 0 Å². The molecule has 1 aromatic rings. The molecular formula is C8H10FN3O2. The van der Waals surface area contributed by atoms with Crippen molar-refractivity contribution in [3.05, 3.63) is 34.5 Å². The van der Waals surface area contributed by atoms with Crippen LogP contribution in [0.15, 0.2) is 23.1 Å². The van der Waals surface area contributed by atoms with E-state index in [1.54, 1.807) is 0 Å². The lowest BCUT2D eigenvalue weighted by Crippen LogP contribution is -2.31. The van der Waals surface area contributed by atoms with Gasteiger partial charge in [0.2, 0.25) is 5.91 Å². The lowest BCUT2D eigenvalue weighted by atomic mass is 10.4. The Morgan fingerprint density at radius 3 is 2.93 bits per heavy atom. The van der Waals surface area contributed by atoms with Gasteiger partial charge in [-0.3, -0.25) is 15.0 Å². The molecule has 1 aromatic heterocycles. The molecule has 0 saturated heterocycles. The summed E-state index contributed by atoms with van der Waals surface area (Å²) in [6.07, 6.45) is 1.09. The first-order chi connectivity index (χ1) is 6.63. The Morgan fingerprint density at radius 1 is 1.57 bits per heavy atom. The van der Waals surface area contributed by atoms with Crippen LogP contribution in [0.3, 0.4) is 0 Å². The monoisotopic (exact) mass is 199 g/mol. The number of carbonyl (C=O) groups excluding carboxylic acids is 1. The zero-order valence-electron chi connectivity index (χ0n) is 7.37. The van der Waals surface area contributed by atoms with E-state index in [4.69, 9.17) is 5.84 Å². The number of hydrogen-bond acceptors (Lipinski definition) is 3. The van der Waals surface area contributed by atoms with Crippen LogP contribution in [0.4, 0.5) is 4.39 Å². The molecule has 0 spiro atoms. The standard InChI is InChI=1S/C8H10FN3O2/c9-6-1-2-8(14)12(5-6)4-3-7(13)11-10/h1-2,5H,3-4,10H2,(H,11,13). The SMILES string of the molecule is NNC(=O)CCn1cc(F)ccc1=O. The minimum absolute atomic E-state index is 0.0415. The predicted molar refractivity (Wildman–Crippen MR) is 47.6 cm³/mol. The van der Waals surface area contributed by atoms with Crippen molar-refractivity contribution >= 4 is 5.91 Å². The van der Waals surface area contributed by atoms with Gasteiger partial charge < -0.3 is 4.57 Å². The minimum atomic E-state index is -0.516. The molecule has 1 heterocycles. The number of nitrogens with two attached hydrogens (primary N) is 1. The molecule has 6 heteroatoms. The molecule has 5 nitrogen and oxygen atoms in total. The van der Waals surface area contributed by atoms with E-state index in [0.717, 1.165) is 22.9 Å². The highest BCUT2D eigenvalue weighted by atomic mass is 19.1. The maximum atomic E-state index is 12.7. The van der Waals surface area contributed by atoms with E-state index >= 15 is 0 Å². The molecule has 0 atom stereocenters. The molecule has 3 N–H and O–H groups in total. The highest BCUT2D eigenvalue weighted by molar-refractivity contribution is 5.74. The molecule has 0 saturated carbocycles. The molecule has 14 heavy (non-hydrogen) atoms. The molecule has 0 bridgehead atoms. The van der Waals surface area contributed by atoms with Gasteiger partial charge in [-0.25, -0.2) is 10.2 Å². The third-order valence-electron chi connectivity index (χ3n) is 1.69. The van der Waals surface area contributed by atoms with Gasteiger partial charge in [0.25, 0.3) is 5.56 Å². The first-order valence-corrected chi connectivity index (χ1v) is 3.99. The Kier molecular flexibility index (Phi) is 3.35. The van der Waals surface area contributed by atoms with Crippen molar-refractivity contribution < 1.29 is 9.18 Å². The molecule has 0 aliphatic carbocycles. The van der Waals surface area contributed by atoms with E-state index < -0.39 is 11.7 Å². The number of pyridine rings is 1. The summed E-state index contributed by atoms with van der Waals surface area (Å²) >= 11 is 0. The van der Waals surface area contributed by atoms with Crippen molar-refractivity contribution in [3.63, 3.8) is 0 Å². The Bertz CT molecular complexity index is 388. The maximum Gasteiger partial charge on any atom is 0.250 e. The number of nitrogens with one attached hydrogen (secondary N) is 1. The van der Waals surface area contributed by atoms with Crippen molar-refractivity contribution in [2.24, 2.45) is 5.84 Å². The molecule has 1 rings (SSSR count). The number of carbonyl (C=O) groups is 1. The summed E-state index contributed by atoms with van der Waals surface area (Å²) in [5, 5.41) is 0. The van der Waals surface area contributed by atoms with E-state index in [2.05, 4.69) is 0 Å². The number of amides is 1. The lowest BCUT2D eigenvalue weighted by Gasteiger charge is -2.03. The first kappa shape index (κ1) is 10.4. The molecule has 1 amide bonds. The fourth-order valence-corrected chi connectivity index (χ4v) is 0.971. The zero-order valence-corrected chi connectivity index (χ0v) is 7.37. The largest absolute Gasteiger partial charge is 0.312 e. The molecule has 0 unspecified atom stereocenters. The number of rotatable bonds is 3. The van der Waals surface area contributed by atoms with Gasteiger partial charge in [-0.2, -0.15) is 0 Å². The van der Waals surface area contributed by atoms with Crippen LogP contribution >= 0.6 is 0 Å². The number of nitrogens with zero attached hydrogens (tertiary/aromatic N) is 1. The van der Waals surface area contributed by atoms with Crippen molar-refractivity contribution in [1.29, 1.82) is 0 Å². The Labute approximate surface area is 79.3 Å². The normalized spacial score (nSPS) is 9.86. The molecule has 0 aliphatic rings. The van der Waals surface area contributed by atoms with Crippen LogP contribution in [0.1, 0.15) is 6.42 Å². The second-order valence-electron chi connectivity index (χ2n) is 2.70. The van der Waals surface area contributed by atoms with Crippen molar-refractivity contribution in [2.75, 3.05) is 0 Å². The summed E-state index contributed by atoms with van der Waals surface area (Å²) < 4.78 is 13.8. The van der Waals surface area contributed by atoms with Crippen molar-refractivity contribution in [3.8, 4) is 0 Å². The summed E-state index contributed by atoms with van der Waals surface area (Å²) in [4.78, 5) is 21.8. The molecular weight excluding hydrogens is 189 g/mol. The van der Waals surface area contributed by atoms with Crippen LogP contribution in [-0.2, 0) is 11.3 Å². The number of hydrogen-bond donors (Lipinski definition) is 2. The quantitative estimate of drug-likeness (QED) is 0.386. The first-order valence-electron chi connectivity index (χ1n) is 3.99. The van der Waals surface area contributed by atoms with Crippen LogP contribution < -0.4 is 16.8 Å². The van der Waals surface area contributed by atoms with Crippen molar-refractivity contribution in [1.82, 2.24) is 9.99 Å². The maximum absolute atomic E-state index is 12.7. The third kappa shape index (κ3) is 2.67. The molecule has 76 valence electrons. The highest BCUT2D eigenvalue weighted by Gasteiger charge is 2.01. The fraction of sp³-hybridized carbons (Fsp3) is 0.250. The van der Waals surface area contributed by atoms with Gasteiger partial charge in [0.15, 0.2) is 0 Å². The zero-order chi connectivity index (χ0) is 10.6. The van der Waals surface area contributed by atoms with Gasteiger partial charge in [0, 0.05) is 25.2 Å². The summed E-state index contributed by atoms with van der Waals surface area (Å²) in [5.41, 5.74) is 1.57. The van der Waals surface area contributed by atoms with Crippen LogP contribution in [0.25, 0.3) is 0 Å². The average molecular weight is 199 g/mol. The van der Waals surface area contributed by atoms with Gasteiger partial charge in [-0.15, -0.1) is 0 Å². The van der Waals surface area contributed by atoms with E-state index in [-0.39, 0.29) is 18.5 Å². The fourth-order valence-electron chi connectivity index (χ4n) is 0.971. The van der Waals surface area contributed by atoms with E-state index in [1.807, 2.05) is 5.43 Å². The second kappa shape index (κ2) is 4.52. The van der Waals surface area contributed by atoms with Crippen LogP contribution in [-0.4, -0.2) is 10.5 Å². The smallest absolute Gasteiger partial charge is 0.250 e. The van der Waals surface area contributed by atoms with E-state index in [9.17, 15) is 14.0 Å². The second-order valence-corrected chi connectivity index (χ2v) is 2.70. The Hall–Kier alpha value is -1.69. The summed E-state index contributed by atoms with van der Waals surface area (Å²) in [7, 11) is 0. The molecule has 0 aromatic carbocycles. The average Bonchev–Trinajstić information content (AvgIpc) is 2.19. The predicted octanol–water partition coefficient (Wildman–Crippen LogP) is -0.633. The van der Waals surface area contributed by atoms with Crippen LogP contribution in [0.2, 0.25) is 0 Å². The summed E-state index contributed by atoms with van der Waals surface area (Å²) in [5.74, 6) is 3.93. The third-order valence-corrected chi connectivity index (χ3v) is 1.69. The van der Waals surface area contributed by atoms with Crippen LogP contribution in [0, 0.1) is 5.82 Å². The van der Waals surface area contributed by atoms with Gasteiger partial charge in [0.05, 0.1) is 0 Å². The molecule has 0 fully saturated rings. The highest BCUT2D eigenvalue weighted by Crippen LogP contribution is 1.93. The number of aromatic nitrogens is 1. The summed E-state index contributed by atoms with van der Waals surface area (Å²) in [6.45, 7) is 0.111. The molecule has 0 aliphatic heterocycles. The van der Waals surface area contributed by atoms with Crippen molar-refractivity contribution in [2.45, 2.75) is 13.0 Å². The Balaban J connectivity index is 2.71. The number of hydrazine groups is 1. The van der Waals surface area contributed by atoms with Gasteiger partial charge in [-0.05, 0) is 6.07 Å². The van der Waals surface area contributed by atoms with E-state index in [1.165, 1.54) is 0 Å². The van der Waals surface area contributed by atoms with Gasteiger partial charge in [0.1, 0.15) is 5.82 Å². The lowest BCUT2D eigenvalue weighted by molar-refractivity contribution is -0.121. The topological polar surface area (TPSA) is 77.1 Å². The minimum Gasteiger partial charge on any atom is -0.312 e. The number of aryl methyl sites for hydroxylation is 1. The summed E-state index contributed by atoms with van der Waals surface area (Å²) in [6, 6.07) is 2.18. The Morgan fingerprint density at radius 2 is 2.29 bits per heavy atom.